The van der Waals surface area contributed by atoms with E-state index in [2.05, 4.69) is 20.9 Å². The van der Waals surface area contributed by atoms with E-state index in [1.54, 1.807) is 6.92 Å². The summed E-state index contributed by atoms with van der Waals surface area (Å²) >= 11 is 0. The number of nitrogens with zero attached hydrogens (tertiary/aromatic N) is 3. The van der Waals surface area contributed by atoms with Gasteiger partial charge in [0.25, 0.3) is 5.91 Å². The van der Waals surface area contributed by atoms with Gasteiger partial charge in [0.1, 0.15) is 6.04 Å². The number of rotatable bonds is 5. The zero-order valence-corrected chi connectivity index (χ0v) is 10.6. The molecule has 1 rings (SSSR count). The maximum atomic E-state index is 11.6. The Kier molecular flexibility index (Phi) is 4.98. The van der Waals surface area contributed by atoms with Gasteiger partial charge in [0.05, 0.1) is 12.1 Å². The molecule has 3 amide bonds. The van der Waals surface area contributed by atoms with Gasteiger partial charge in [-0.15, -0.1) is 5.10 Å². The molecule has 1 aromatic rings. The largest absolute Gasteiger partial charge is 0.481 e. The summed E-state index contributed by atoms with van der Waals surface area (Å²) in [6.07, 6.45) is 1.66. The third-order valence-electron chi connectivity index (χ3n) is 2.39. The van der Waals surface area contributed by atoms with Gasteiger partial charge in [0.15, 0.2) is 0 Å². The Morgan fingerprint density at radius 3 is 2.74 bits per heavy atom. The zero-order chi connectivity index (χ0) is 14.4. The predicted molar refractivity (Wildman–Crippen MR) is 63.3 cm³/mol. The van der Waals surface area contributed by atoms with Gasteiger partial charge in [-0.3, -0.25) is 14.9 Å². The van der Waals surface area contributed by atoms with E-state index in [4.69, 9.17) is 5.11 Å². The van der Waals surface area contributed by atoms with Crippen LogP contribution in [0.25, 0.3) is 0 Å². The topological polar surface area (TPSA) is 126 Å². The van der Waals surface area contributed by atoms with E-state index in [0.717, 1.165) is 0 Å². The van der Waals surface area contributed by atoms with Crippen LogP contribution in [0.4, 0.5) is 4.79 Å². The number of carbonyl (C=O) groups excluding carboxylic acids is 2. The third kappa shape index (κ3) is 4.37. The van der Waals surface area contributed by atoms with E-state index in [1.807, 2.05) is 0 Å². The van der Waals surface area contributed by atoms with Gasteiger partial charge in [0, 0.05) is 19.7 Å². The van der Waals surface area contributed by atoms with E-state index in [1.165, 1.54) is 17.9 Å². The van der Waals surface area contributed by atoms with Crippen LogP contribution in [0.1, 0.15) is 25.1 Å². The first-order chi connectivity index (χ1) is 8.93. The second-order valence-corrected chi connectivity index (χ2v) is 3.83. The SMILES string of the molecule is CNC(=O)NC(=O)C(C)n1cc(CCC(=O)O)nn1. The number of aliphatic carboxylic acids is 1. The zero-order valence-electron chi connectivity index (χ0n) is 10.6. The molecule has 0 aliphatic heterocycles. The lowest BCUT2D eigenvalue weighted by Gasteiger charge is -2.10. The number of hydrogen-bond acceptors (Lipinski definition) is 5. The number of imide groups is 1. The molecular formula is C10H15N5O4. The highest BCUT2D eigenvalue weighted by molar-refractivity contribution is 5.95. The lowest BCUT2D eigenvalue weighted by Crippen LogP contribution is -2.40. The van der Waals surface area contributed by atoms with Crippen LogP contribution in [0.15, 0.2) is 6.20 Å². The molecule has 0 aromatic carbocycles. The summed E-state index contributed by atoms with van der Waals surface area (Å²) in [5.41, 5.74) is 0.474. The van der Waals surface area contributed by atoms with E-state index < -0.39 is 23.9 Å². The maximum Gasteiger partial charge on any atom is 0.321 e. The lowest BCUT2D eigenvalue weighted by atomic mass is 10.2. The second-order valence-electron chi connectivity index (χ2n) is 3.83. The molecule has 19 heavy (non-hydrogen) atoms. The molecule has 1 atom stereocenters. The molecule has 1 unspecified atom stereocenters. The molecular weight excluding hydrogens is 254 g/mol. The van der Waals surface area contributed by atoms with Crippen LogP contribution in [0.2, 0.25) is 0 Å². The van der Waals surface area contributed by atoms with Crippen LogP contribution in [-0.4, -0.2) is 45.1 Å². The third-order valence-corrected chi connectivity index (χ3v) is 2.39. The molecule has 1 aromatic heterocycles. The van der Waals surface area contributed by atoms with Crippen LogP contribution in [0.5, 0.6) is 0 Å². The number of aryl methyl sites for hydroxylation is 1. The van der Waals surface area contributed by atoms with Crippen molar-refractivity contribution in [3.05, 3.63) is 11.9 Å². The number of carboxylic acids is 1. The monoisotopic (exact) mass is 269 g/mol. The molecule has 0 bridgehead atoms. The number of hydrogen-bond donors (Lipinski definition) is 3. The number of urea groups is 1. The number of aromatic nitrogens is 3. The van der Waals surface area contributed by atoms with Crippen molar-refractivity contribution in [2.45, 2.75) is 25.8 Å². The predicted octanol–water partition coefficient (Wildman–Crippen LogP) is -0.688. The summed E-state index contributed by atoms with van der Waals surface area (Å²) in [6, 6.07) is -1.33. The van der Waals surface area contributed by atoms with E-state index in [9.17, 15) is 14.4 Å². The van der Waals surface area contributed by atoms with Crippen molar-refractivity contribution in [1.82, 2.24) is 25.6 Å². The van der Waals surface area contributed by atoms with E-state index in [-0.39, 0.29) is 12.8 Å². The minimum absolute atomic E-state index is 0.0580. The fourth-order valence-corrected chi connectivity index (χ4v) is 1.25. The number of carbonyl (C=O) groups is 3. The van der Waals surface area contributed by atoms with Gasteiger partial charge in [0.2, 0.25) is 0 Å². The number of amides is 3. The quantitative estimate of drug-likeness (QED) is 0.649. The standard InChI is InChI=1S/C10H15N5O4/c1-6(9(18)12-10(19)11-2)15-5-7(13-14-15)3-4-8(16)17/h5-6H,3-4H2,1-2H3,(H,16,17)(H2,11,12,18,19). The maximum absolute atomic E-state index is 11.6. The molecule has 3 N–H and O–H groups in total. The van der Waals surface area contributed by atoms with Crippen molar-refractivity contribution >= 4 is 17.9 Å². The molecule has 0 aliphatic carbocycles. The summed E-state index contributed by atoms with van der Waals surface area (Å²) in [5.74, 6) is -1.46. The second kappa shape index (κ2) is 6.47. The van der Waals surface area contributed by atoms with Crippen LogP contribution in [0.3, 0.4) is 0 Å². The van der Waals surface area contributed by atoms with Crippen LogP contribution < -0.4 is 10.6 Å². The molecule has 104 valence electrons. The molecule has 0 saturated heterocycles. The van der Waals surface area contributed by atoms with Gasteiger partial charge in [-0.05, 0) is 6.92 Å². The minimum atomic E-state index is -0.931. The van der Waals surface area contributed by atoms with Crippen LogP contribution >= 0.6 is 0 Å². The highest BCUT2D eigenvalue weighted by Gasteiger charge is 2.18. The van der Waals surface area contributed by atoms with Crippen LogP contribution in [-0.2, 0) is 16.0 Å². The minimum Gasteiger partial charge on any atom is -0.481 e. The molecule has 9 heteroatoms. The van der Waals surface area contributed by atoms with Crippen molar-refractivity contribution in [3.63, 3.8) is 0 Å². The van der Waals surface area contributed by atoms with Gasteiger partial charge >= 0.3 is 12.0 Å². The first-order valence-corrected chi connectivity index (χ1v) is 5.59. The Balaban J connectivity index is 2.62. The first-order valence-electron chi connectivity index (χ1n) is 5.59. The van der Waals surface area contributed by atoms with Crippen molar-refractivity contribution in [1.29, 1.82) is 0 Å². The van der Waals surface area contributed by atoms with E-state index in [0.29, 0.717) is 5.69 Å². The first kappa shape index (κ1) is 14.6. The molecule has 9 nitrogen and oxygen atoms in total. The lowest BCUT2D eigenvalue weighted by molar-refractivity contribution is -0.137. The highest BCUT2D eigenvalue weighted by Crippen LogP contribution is 2.06. The van der Waals surface area contributed by atoms with Gasteiger partial charge < -0.3 is 10.4 Å². The molecule has 0 saturated carbocycles. The average Bonchev–Trinajstić information content (AvgIpc) is 2.83. The molecule has 1 heterocycles. The normalized spacial score (nSPS) is 11.7. The van der Waals surface area contributed by atoms with Gasteiger partial charge in [-0.1, -0.05) is 5.21 Å². The molecule has 0 spiro atoms. The molecule has 0 aliphatic rings. The summed E-state index contributed by atoms with van der Waals surface area (Å²) in [6.45, 7) is 1.55. The average molecular weight is 269 g/mol. The molecule has 0 radical (unpaired) electrons. The smallest absolute Gasteiger partial charge is 0.321 e. The molecule has 0 fully saturated rings. The van der Waals surface area contributed by atoms with Crippen LogP contribution in [0, 0.1) is 0 Å². The fraction of sp³-hybridized carbons (Fsp3) is 0.500. The Labute approximate surface area is 109 Å². The fourth-order valence-electron chi connectivity index (χ4n) is 1.25. The Hall–Kier alpha value is -2.45. The highest BCUT2D eigenvalue weighted by atomic mass is 16.4. The van der Waals surface area contributed by atoms with Crippen molar-refractivity contribution in [2.24, 2.45) is 0 Å². The van der Waals surface area contributed by atoms with Crippen molar-refractivity contribution in [3.8, 4) is 0 Å². The van der Waals surface area contributed by atoms with E-state index >= 15 is 0 Å². The van der Waals surface area contributed by atoms with Gasteiger partial charge in [-0.25, -0.2) is 9.48 Å². The summed E-state index contributed by atoms with van der Waals surface area (Å²) in [7, 11) is 1.40. The summed E-state index contributed by atoms with van der Waals surface area (Å²) in [4.78, 5) is 33.0. The van der Waals surface area contributed by atoms with Crippen molar-refractivity contribution < 1.29 is 19.5 Å². The number of carboxylic acid groups (broad SMARTS) is 1. The van der Waals surface area contributed by atoms with Gasteiger partial charge in [-0.2, -0.15) is 0 Å². The summed E-state index contributed by atoms with van der Waals surface area (Å²) < 4.78 is 1.27. The number of nitrogens with one attached hydrogen (secondary N) is 2. The van der Waals surface area contributed by atoms with Crippen molar-refractivity contribution in [2.75, 3.05) is 7.05 Å². The summed E-state index contributed by atoms with van der Waals surface area (Å²) in [5, 5.41) is 20.4. The Morgan fingerprint density at radius 2 is 2.16 bits per heavy atom. The Morgan fingerprint density at radius 1 is 1.47 bits per heavy atom. The Bertz CT molecular complexity index is 484.